The van der Waals surface area contributed by atoms with E-state index in [1.165, 1.54) is 40.7 Å². The summed E-state index contributed by atoms with van der Waals surface area (Å²) < 4.78 is 7.59. The number of pyridine rings is 1. The Labute approximate surface area is 181 Å². The summed E-state index contributed by atoms with van der Waals surface area (Å²) in [5, 5.41) is 4.52. The van der Waals surface area contributed by atoms with Crippen LogP contribution in [0, 0.1) is 20.8 Å². The van der Waals surface area contributed by atoms with Crippen molar-refractivity contribution in [3.05, 3.63) is 82.6 Å². The number of aromatic nitrogens is 4. The van der Waals surface area contributed by atoms with Crippen molar-refractivity contribution in [2.45, 2.75) is 57.5 Å². The van der Waals surface area contributed by atoms with E-state index in [0.29, 0.717) is 6.54 Å². The topological polar surface area (TPSA) is 47.2 Å². The van der Waals surface area contributed by atoms with Gasteiger partial charge in [0.2, 0.25) is 0 Å². The van der Waals surface area contributed by atoms with Gasteiger partial charge in [-0.15, -0.1) is 0 Å². The minimum absolute atomic E-state index is 0.678. The lowest BCUT2D eigenvalue weighted by Crippen LogP contribution is -2.06. The minimum atomic E-state index is 0.678. The van der Waals surface area contributed by atoms with Gasteiger partial charge in [-0.25, -0.2) is 4.98 Å². The van der Waals surface area contributed by atoms with Crippen LogP contribution in [0.1, 0.15) is 52.3 Å². The first-order valence-corrected chi connectivity index (χ1v) is 11.3. The first kappa shape index (κ1) is 19.4. The third-order valence-electron chi connectivity index (χ3n) is 5.79. The van der Waals surface area contributed by atoms with Gasteiger partial charge in [-0.3, -0.25) is 9.40 Å². The van der Waals surface area contributed by atoms with Crippen molar-refractivity contribution < 1.29 is 0 Å². The van der Waals surface area contributed by atoms with Gasteiger partial charge >= 0.3 is 0 Å². The number of nitrogens with zero attached hydrogens (tertiary/aromatic N) is 4. The number of hydrogen-bond acceptors (Lipinski definition) is 4. The Bertz CT molecular complexity index is 1180. The van der Waals surface area contributed by atoms with Crippen molar-refractivity contribution >= 4 is 17.6 Å². The van der Waals surface area contributed by atoms with Gasteiger partial charge < -0.3 is 4.40 Å². The molecule has 0 unspecified atom stereocenters. The number of hydrogen-bond donors (Lipinski definition) is 1. The van der Waals surface area contributed by atoms with Crippen LogP contribution in [0.25, 0.3) is 5.65 Å². The van der Waals surface area contributed by atoms with Crippen LogP contribution in [0.2, 0.25) is 0 Å². The molecule has 0 bridgehead atoms. The second kappa shape index (κ2) is 7.93. The molecule has 3 heterocycles. The average molecular weight is 418 g/mol. The standard InChI is InChI=1S/C24H27N5S/c1-16-8-17(2)23(18(3)9-16)11-26-30-22-10-25-29(15-22)14-21-13-28-12-20(19-4-5-19)6-7-24(28)27-21/h6-10,12-13,15,19,26H,4-5,11,14H2,1-3H3. The molecule has 30 heavy (non-hydrogen) atoms. The smallest absolute Gasteiger partial charge is 0.137 e. The Morgan fingerprint density at radius 3 is 2.63 bits per heavy atom. The van der Waals surface area contributed by atoms with E-state index in [9.17, 15) is 0 Å². The Hall–Kier alpha value is -2.57. The maximum absolute atomic E-state index is 4.75. The lowest BCUT2D eigenvalue weighted by molar-refractivity contribution is 0.675. The van der Waals surface area contributed by atoms with Crippen LogP contribution in [0.4, 0.5) is 0 Å². The molecular formula is C24H27N5S. The van der Waals surface area contributed by atoms with Crippen molar-refractivity contribution in [3.8, 4) is 0 Å². The van der Waals surface area contributed by atoms with Crippen LogP contribution in [0.3, 0.4) is 0 Å². The van der Waals surface area contributed by atoms with E-state index in [4.69, 9.17) is 4.98 Å². The molecule has 1 aliphatic rings. The molecule has 1 fully saturated rings. The summed E-state index contributed by atoms with van der Waals surface area (Å²) in [5.74, 6) is 0.755. The molecule has 0 saturated heterocycles. The highest BCUT2D eigenvalue weighted by Gasteiger charge is 2.23. The van der Waals surface area contributed by atoms with Crippen LogP contribution in [-0.4, -0.2) is 19.2 Å². The SMILES string of the molecule is Cc1cc(C)c(CNSc2cnn(Cc3cn4cc(C5CC5)ccc4n3)c2)c(C)c1. The molecule has 1 N–H and O–H groups in total. The molecule has 0 radical (unpaired) electrons. The van der Waals surface area contributed by atoms with Gasteiger partial charge in [0.1, 0.15) is 5.65 Å². The number of benzene rings is 1. The monoisotopic (exact) mass is 417 g/mol. The fourth-order valence-corrected chi connectivity index (χ4v) is 4.78. The second-order valence-corrected chi connectivity index (χ2v) is 9.37. The zero-order valence-electron chi connectivity index (χ0n) is 17.7. The van der Waals surface area contributed by atoms with Gasteiger partial charge in [0.15, 0.2) is 0 Å². The van der Waals surface area contributed by atoms with E-state index >= 15 is 0 Å². The largest absolute Gasteiger partial charge is 0.306 e. The second-order valence-electron chi connectivity index (χ2n) is 8.41. The number of nitrogens with one attached hydrogen (secondary N) is 1. The Morgan fingerprint density at radius 2 is 1.87 bits per heavy atom. The molecule has 0 amide bonds. The lowest BCUT2D eigenvalue weighted by Gasteiger charge is -2.11. The number of imidazole rings is 1. The van der Waals surface area contributed by atoms with E-state index in [1.54, 1.807) is 11.9 Å². The van der Waals surface area contributed by atoms with E-state index < -0.39 is 0 Å². The molecule has 4 aromatic rings. The van der Waals surface area contributed by atoms with E-state index in [2.05, 4.69) is 77.8 Å². The highest BCUT2D eigenvalue weighted by atomic mass is 32.2. The first-order valence-electron chi connectivity index (χ1n) is 10.5. The van der Waals surface area contributed by atoms with Crippen molar-refractivity contribution in [1.82, 2.24) is 23.9 Å². The highest BCUT2D eigenvalue weighted by Crippen LogP contribution is 2.39. The molecule has 154 valence electrons. The predicted molar refractivity (Wildman–Crippen MR) is 122 cm³/mol. The molecule has 5 nitrogen and oxygen atoms in total. The third kappa shape index (κ3) is 4.16. The molecule has 1 aromatic carbocycles. The van der Waals surface area contributed by atoms with E-state index in [1.807, 2.05) is 10.9 Å². The van der Waals surface area contributed by atoms with Gasteiger partial charge in [-0.2, -0.15) is 5.10 Å². The fourth-order valence-electron chi connectivity index (χ4n) is 4.13. The quantitative estimate of drug-likeness (QED) is 0.421. The zero-order chi connectivity index (χ0) is 20.7. The zero-order valence-corrected chi connectivity index (χ0v) is 18.5. The Balaban J connectivity index is 1.21. The van der Waals surface area contributed by atoms with Crippen LogP contribution in [0.5, 0.6) is 0 Å². The molecule has 5 rings (SSSR count). The first-order chi connectivity index (χ1) is 14.5. The summed E-state index contributed by atoms with van der Waals surface area (Å²) in [6.45, 7) is 8.03. The van der Waals surface area contributed by atoms with Gasteiger partial charge in [0.25, 0.3) is 0 Å². The summed E-state index contributed by atoms with van der Waals surface area (Å²) in [6, 6.07) is 8.83. The molecule has 6 heteroatoms. The maximum Gasteiger partial charge on any atom is 0.137 e. The normalized spacial score (nSPS) is 14.0. The van der Waals surface area contributed by atoms with Gasteiger partial charge in [-0.1, -0.05) is 23.8 Å². The summed E-state index contributed by atoms with van der Waals surface area (Å²) in [7, 11) is 0. The fraction of sp³-hybridized carbons (Fsp3) is 0.333. The average Bonchev–Trinajstić information content (AvgIpc) is 3.33. The van der Waals surface area contributed by atoms with Gasteiger partial charge in [0.05, 0.1) is 23.3 Å². The molecule has 0 spiro atoms. The summed E-state index contributed by atoms with van der Waals surface area (Å²) in [6.07, 6.45) is 11.0. The van der Waals surface area contributed by atoms with E-state index in [0.717, 1.165) is 28.7 Å². The molecule has 0 aliphatic heterocycles. The third-order valence-corrected chi connectivity index (χ3v) is 6.52. The molecule has 0 atom stereocenters. The number of aryl methyl sites for hydroxylation is 3. The molecule has 1 saturated carbocycles. The van der Waals surface area contributed by atoms with Crippen molar-refractivity contribution in [3.63, 3.8) is 0 Å². The van der Waals surface area contributed by atoms with Crippen LogP contribution < -0.4 is 4.72 Å². The molecular weight excluding hydrogens is 390 g/mol. The van der Waals surface area contributed by atoms with Crippen LogP contribution in [-0.2, 0) is 13.1 Å². The summed E-state index contributed by atoms with van der Waals surface area (Å²) >= 11 is 1.63. The Morgan fingerprint density at radius 1 is 1.07 bits per heavy atom. The van der Waals surface area contributed by atoms with Crippen LogP contribution in [0.15, 0.2) is 53.9 Å². The van der Waals surface area contributed by atoms with Crippen molar-refractivity contribution in [2.24, 2.45) is 0 Å². The summed E-state index contributed by atoms with van der Waals surface area (Å²) in [4.78, 5) is 5.85. The predicted octanol–water partition coefficient (Wildman–Crippen LogP) is 5.18. The van der Waals surface area contributed by atoms with Crippen molar-refractivity contribution in [2.75, 3.05) is 0 Å². The van der Waals surface area contributed by atoms with Crippen LogP contribution >= 0.6 is 11.9 Å². The van der Waals surface area contributed by atoms with Crippen molar-refractivity contribution in [1.29, 1.82) is 0 Å². The lowest BCUT2D eigenvalue weighted by atomic mass is 10.0. The van der Waals surface area contributed by atoms with E-state index in [-0.39, 0.29) is 0 Å². The maximum atomic E-state index is 4.75. The number of fused-ring (bicyclic) bond motifs is 1. The molecule has 3 aromatic heterocycles. The highest BCUT2D eigenvalue weighted by molar-refractivity contribution is 7.97. The molecule has 1 aliphatic carbocycles. The Kier molecular flexibility index (Phi) is 5.13. The minimum Gasteiger partial charge on any atom is -0.306 e. The van der Waals surface area contributed by atoms with Gasteiger partial charge in [0, 0.05) is 25.1 Å². The summed E-state index contributed by atoms with van der Waals surface area (Å²) in [5.41, 5.74) is 8.83. The number of rotatable bonds is 7. The van der Waals surface area contributed by atoms with Gasteiger partial charge in [-0.05, 0) is 79.8 Å².